The highest BCUT2D eigenvalue weighted by molar-refractivity contribution is 6.06. The normalized spacial score (nSPS) is 12.4. The Bertz CT molecular complexity index is 1080. The third kappa shape index (κ3) is 5.71. The number of benzene rings is 3. The summed E-state index contributed by atoms with van der Waals surface area (Å²) in [5.41, 5.74) is 2.40. The first kappa shape index (κ1) is 23.9. The first-order chi connectivity index (χ1) is 16.0. The van der Waals surface area contributed by atoms with E-state index in [9.17, 15) is 9.59 Å². The molecular weight excluding hydrogens is 416 g/mol. The van der Waals surface area contributed by atoms with Gasteiger partial charge in [0, 0.05) is 17.7 Å². The lowest BCUT2D eigenvalue weighted by atomic mass is 9.85. The average molecular weight is 447 g/mol. The van der Waals surface area contributed by atoms with Crippen molar-refractivity contribution < 1.29 is 19.1 Å². The van der Waals surface area contributed by atoms with Crippen molar-refractivity contribution in [3.8, 4) is 11.5 Å². The summed E-state index contributed by atoms with van der Waals surface area (Å²) >= 11 is 0. The second-order valence-corrected chi connectivity index (χ2v) is 7.84. The number of carbonyl (C=O) groups excluding carboxylic acids is 2. The van der Waals surface area contributed by atoms with Crippen molar-refractivity contribution in [2.75, 3.05) is 24.9 Å². The van der Waals surface area contributed by atoms with Gasteiger partial charge in [-0.15, -0.1) is 0 Å². The molecule has 0 aromatic heterocycles. The lowest BCUT2D eigenvalue weighted by Gasteiger charge is -2.24. The van der Waals surface area contributed by atoms with Crippen molar-refractivity contribution in [1.82, 2.24) is 0 Å². The van der Waals surface area contributed by atoms with E-state index in [1.54, 1.807) is 36.4 Å². The van der Waals surface area contributed by atoms with Crippen LogP contribution in [0.15, 0.2) is 72.8 Å². The predicted octanol–water partition coefficient (Wildman–Crippen LogP) is 5.72. The molecule has 0 heterocycles. The molecule has 0 bridgehead atoms. The van der Waals surface area contributed by atoms with Crippen molar-refractivity contribution in [2.45, 2.75) is 26.2 Å². The zero-order chi connectivity index (χ0) is 23.8. The van der Waals surface area contributed by atoms with Crippen molar-refractivity contribution in [1.29, 1.82) is 0 Å². The van der Waals surface area contributed by atoms with Gasteiger partial charge in [-0.1, -0.05) is 68.8 Å². The van der Waals surface area contributed by atoms with Gasteiger partial charge >= 0.3 is 0 Å². The summed E-state index contributed by atoms with van der Waals surface area (Å²) in [5, 5.41) is 5.86. The number of methoxy groups -OCH3 is 2. The van der Waals surface area contributed by atoms with Crippen LogP contribution in [0.1, 0.15) is 42.1 Å². The molecule has 0 saturated heterocycles. The number of rotatable bonds is 9. The lowest BCUT2D eigenvalue weighted by Crippen LogP contribution is -2.26. The minimum absolute atomic E-state index is 0.128. The Hall–Kier alpha value is -3.80. The maximum atomic E-state index is 13.4. The molecule has 2 amide bonds. The van der Waals surface area contributed by atoms with E-state index in [-0.39, 0.29) is 23.7 Å². The number of hydrogen-bond acceptors (Lipinski definition) is 4. The highest BCUT2D eigenvalue weighted by atomic mass is 16.5. The molecule has 6 heteroatoms. The molecule has 0 aliphatic carbocycles. The lowest BCUT2D eigenvalue weighted by molar-refractivity contribution is -0.118. The Labute approximate surface area is 194 Å². The second kappa shape index (κ2) is 11.2. The Morgan fingerprint density at radius 2 is 1.33 bits per heavy atom. The number of hydrogen-bond donors (Lipinski definition) is 2. The summed E-state index contributed by atoms with van der Waals surface area (Å²) in [4.78, 5) is 26.0. The minimum atomic E-state index is -0.315. The van der Waals surface area contributed by atoms with Crippen LogP contribution in [-0.2, 0) is 4.79 Å². The van der Waals surface area contributed by atoms with Crippen LogP contribution in [0.3, 0.4) is 0 Å². The second-order valence-electron chi connectivity index (χ2n) is 7.84. The standard InChI is InChI=1S/C27H30N2O4/c1-5-18(2)25(19-12-8-6-9-13-19)27(31)29-22-17-23(32-3)21(16-24(22)33-4)28-26(30)20-14-10-7-11-15-20/h6-18,25H,5H2,1-4H3,(H,28,30)(H,29,31). The van der Waals surface area contributed by atoms with Gasteiger partial charge in [-0.25, -0.2) is 0 Å². The van der Waals surface area contributed by atoms with Gasteiger partial charge < -0.3 is 20.1 Å². The molecule has 0 aliphatic heterocycles. The smallest absolute Gasteiger partial charge is 0.255 e. The Balaban J connectivity index is 1.89. The van der Waals surface area contributed by atoms with Gasteiger partial charge in [0.05, 0.1) is 31.5 Å². The van der Waals surface area contributed by atoms with Crippen LogP contribution in [-0.4, -0.2) is 26.0 Å². The molecule has 0 spiro atoms. The van der Waals surface area contributed by atoms with Gasteiger partial charge in [0.15, 0.2) is 0 Å². The van der Waals surface area contributed by atoms with Crippen LogP contribution in [0.4, 0.5) is 11.4 Å². The van der Waals surface area contributed by atoms with Gasteiger partial charge in [0.2, 0.25) is 5.91 Å². The van der Waals surface area contributed by atoms with Gasteiger partial charge in [-0.3, -0.25) is 9.59 Å². The van der Waals surface area contributed by atoms with Gasteiger partial charge in [0.1, 0.15) is 11.5 Å². The molecule has 0 radical (unpaired) electrons. The molecule has 2 atom stereocenters. The fraction of sp³-hybridized carbons (Fsp3) is 0.259. The van der Waals surface area contributed by atoms with E-state index in [4.69, 9.17) is 9.47 Å². The van der Waals surface area contributed by atoms with E-state index in [2.05, 4.69) is 24.5 Å². The molecule has 0 saturated carbocycles. The Morgan fingerprint density at radius 1 is 0.818 bits per heavy atom. The quantitative estimate of drug-likeness (QED) is 0.440. The number of anilines is 2. The van der Waals surface area contributed by atoms with E-state index in [1.165, 1.54) is 14.2 Å². The zero-order valence-electron chi connectivity index (χ0n) is 19.4. The summed E-state index contributed by atoms with van der Waals surface area (Å²) in [6.45, 7) is 4.14. The SMILES string of the molecule is CCC(C)C(C(=O)Nc1cc(OC)c(NC(=O)c2ccccc2)cc1OC)c1ccccc1. The molecule has 0 fully saturated rings. The summed E-state index contributed by atoms with van der Waals surface area (Å²) in [6.07, 6.45) is 0.859. The molecule has 3 aromatic rings. The van der Waals surface area contributed by atoms with Gasteiger partial charge in [-0.05, 0) is 23.6 Å². The van der Waals surface area contributed by atoms with Crippen molar-refractivity contribution in [3.63, 3.8) is 0 Å². The first-order valence-electron chi connectivity index (χ1n) is 11.0. The van der Waals surface area contributed by atoms with Crippen LogP contribution in [0.5, 0.6) is 11.5 Å². The van der Waals surface area contributed by atoms with Crippen LogP contribution in [0.2, 0.25) is 0 Å². The molecule has 172 valence electrons. The topological polar surface area (TPSA) is 76.7 Å². The molecule has 0 aliphatic rings. The van der Waals surface area contributed by atoms with E-state index < -0.39 is 0 Å². The Morgan fingerprint density at radius 3 is 1.85 bits per heavy atom. The van der Waals surface area contributed by atoms with E-state index >= 15 is 0 Å². The monoisotopic (exact) mass is 446 g/mol. The summed E-state index contributed by atoms with van der Waals surface area (Å²) in [5.74, 6) is 0.262. The van der Waals surface area contributed by atoms with E-state index in [0.29, 0.717) is 28.4 Å². The molecule has 6 nitrogen and oxygen atoms in total. The number of amides is 2. The highest BCUT2D eigenvalue weighted by Crippen LogP contribution is 2.38. The maximum absolute atomic E-state index is 13.4. The maximum Gasteiger partial charge on any atom is 0.255 e. The van der Waals surface area contributed by atoms with E-state index in [0.717, 1.165) is 12.0 Å². The number of nitrogens with one attached hydrogen (secondary N) is 2. The van der Waals surface area contributed by atoms with Gasteiger partial charge in [-0.2, -0.15) is 0 Å². The third-order valence-corrected chi connectivity index (χ3v) is 5.72. The minimum Gasteiger partial charge on any atom is -0.494 e. The van der Waals surface area contributed by atoms with Crippen molar-refractivity contribution >= 4 is 23.2 Å². The van der Waals surface area contributed by atoms with Crippen molar-refractivity contribution in [2.24, 2.45) is 5.92 Å². The summed E-state index contributed by atoms with van der Waals surface area (Å²) in [6, 6.07) is 22.0. The predicted molar refractivity (Wildman–Crippen MR) is 131 cm³/mol. The molecule has 33 heavy (non-hydrogen) atoms. The fourth-order valence-electron chi connectivity index (χ4n) is 3.72. The first-order valence-corrected chi connectivity index (χ1v) is 11.0. The molecule has 3 rings (SSSR count). The van der Waals surface area contributed by atoms with E-state index in [1.807, 2.05) is 36.4 Å². The highest BCUT2D eigenvalue weighted by Gasteiger charge is 2.27. The van der Waals surface area contributed by atoms with Crippen LogP contribution >= 0.6 is 0 Å². The van der Waals surface area contributed by atoms with Crippen LogP contribution in [0.25, 0.3) is 0 Å². The summed E-state index contributed by atoms with van der Waals surface area (Å²) < 4.78 is 11.0. The van der Waals surface area contributed by atoms with Crippen molar-refractivity contribution in [3.05, 3.63) is 83.9 Å². The zero-order valence-corrected chi connectivity index (χ0v) is 19.4. The third-order valence-electron chi connectivity index (χ3n) is 5.72. The Kier molecular flexibility index (Phi) is 8.08. The number of ether oxygens (including phenoxy) is 2. The largest absolute Gasteiger partial charge is 0.494 e. The summed E-state index contributed by atoms with van der Waals surface area (Å²) in [7, 11) is 3.03. The van der Waals surface area contributed by atoms with Crippen LogP contribution < -0.4 is 20.1 Å². The molecule has 2 unspecified atom stereocenters. The van der Waals surface area contributed by atoms with Crippen LogP contribution in [0, 0.1) is 5.92 Å². The number of carbonyl (C=O) groups is 2. The average Bonchev–Trinajstić information content (AvgIpc) is 2.85. The molecule has 3 aromatic carbocycles. The fourth-order valence-corrected chi connectivity index (χ4v) is 3.72. The van der Waals surface area contributed by atoms with Gasteiger partial charge in [0.25, 0.3) is 5.91 Å². The molecular formula is C27H30N2O4. The molecule has 2 N–H and O–H groups in total.